The lowest BCUT2D eigenvalue weighted by atomic mass is 10.00. The van der Waals surface area contributed by atoms with Crippen molar-refractivity contribution in [1.29, 1.82) is 0 Å². The third-order valence-corrected chi connectivity index (χ3v) is 4.36. The fourth-order valence-corrected chi connectivity index (χ4v) is 3.21. The van der Waals surface area contributed by atoms with Crippen molar-refractivity contribution in [2.24, 2.45) is 5.92 Å². The Kier molecular flexibility index (Phi) is 6.21. The van der Waals surface area contributed by atoms with E-state index >= 15 is 0 Å². The molecule has 1 unspecified atom stereocenters. The lowest BCUT2D eigenvalue weighted by Gasteiger charge is -2.16. The molecule has 112 valence electrons. The second-order valence-corrected chi connectivity index (χ2v) is 6.58. The normalized spacial score (nSPS) is 12.6. The molecule has 0 amide bonds. The Balaban J connectivity index is 1.97. The van der Waals surface area contributed by atoms with Gasteiger partial charge >= 0.3 is 0 Å². The van der Waals surface area contributed by atoms with Crippen LogP contribution in [0.3, 0.4) is 0 Å². The van der Waals surface area contributed by atoms with E-state index in [2.05, 4.69) is 53.4 Å². The van der Waals surface area contributed by atoms with Crippen LogP contribution < -0.4 is 5.32 Å². The summed E-state index contributed by atoms with van der Waals surface area (Å²) in [5, 5.41) is 4.40. The predicted molar refractivity (Wildman–Crippen MR) is 89.5 cm³/mol. The van der Waals surface area contributed by atoms with Crippen molar-refractivity contribution < 1.29 is 0 Å². The van der Waals surface area contributed by atoms with Crippen LogP contribution in [0.4, 0.5) is 0 Å². The topological polar surface area (TPSA) is 37.8 Å². The van der Waals surface area contributed by atoms with Gasteiger partial charge in [0, 0.05) is 18.0 Å². The Labute approximate surface area is 131 Å². The molecule has 3 nitrogen and oxygen atoms in total. The first-order chi connectivity index (χ1) is 10.2. The zero-order valence-electron chi connectivity index (χ0n) is 12.9. The maximum absolute atomic E-state index is 4.25. The summed E-state index contributed by atoms with van der Waals surface area (Å²) in [7, 11) is 2.01. The molecular formula is C17H23N3S. The molecule has 0 aliphatic carbocycles. The minimum absolute atomic E-state index is 0.332. The van der Waals surface area contributed by atoms with E-state index in [-0.39, 0.29) is 0 Å². The first-order valence-corrected chi connectivity index (χ1v) is 8.32. The summed E-state index contributed by atoms with van der Waals surface area (Å²) in [6.07, 6.45) is 4.52. The lowest BCUT2D eigenvalue weighted by Crippen LogP contribution is -2.18. The van der Waals surface area contributed by atoms with Gasteiger partial charge in [-0.05, 0) is 36.6 Å². The first-order valence-electron chi connectivity index (χ1n) is 7.34. The number of hydrogen-bond donors (Lipinski definition) is 1. The third kappa shape index (κ3) is 5.14. The highest BCUT2D eigenvalue weighted by molar-refractivity contribution is 7.99. The SMILES string of the molecule is CNC(CSc1ccncn1)c1ccc(CC(C)C)cc1. The largest absolute Gasteiger partial charge is 0.312 e. The molecule has 0 bridgehead atoms. The summed E-state index contributed by atoms with van der Waals surface area (Å²) in [5.41, 5.74) is 2.73. The van der Waals surface area contributed by atoms with E-state index in [4.69, 9.17) is 0 Å². The summed E-state index contributed by atoms with van der Waals surface area (Å²) in [6, 6.07) is 11.2. The molecule has 1 aromatic carbocycles. The molecule has 1 atom stereocenters. The average molecular weight is 301 g/mol. The van der Waals surface area contributed by atoms with Gasteiger partial charge in [-0.1, -0.05) is 38.1 Å². The predicted octanol–water partition coefficient (Wildman–Crippen LogP) is 3.73. The van der Waals surface area contributed by atoms with E-state index in [9.17, 15) is 0 Å². The van der Waals surface area contributed by atoms with Crippen LogP contribution in [-0.2, 0) is 6.42 Å². The molecule has 0 saturated carbocycles. The van der Waals surface area contributed by atoms with Crippen molar-refractivity contribution in [1.82, 2.24) is 15.3 Å². The Bertz CT molecular complexity index is 525. The van der Waals surface area contributed by atoms with Gasteiger partial charge in [-0.25, -0.2) is 9.97 Å². The van der Waals surface area contributed by atoms with E-state index in [1.165, 1.54) is 11.1 Å². The van der Waals surface area contributed by atoms with Crippen LogP contribution in [0.5, 0.6) is 0 Å². The molecule has 0 spiro atoms. The van der Waals surface area contributed by atoms with Crippen LogP contribution in [0, 0.1) is 5.92 Å². The fraction of sp³-hybridized carbons (Fsp3) is 0.412. The summed E-state index contributed by atoms with van der Waals surface area (Å²) in [5.74, 6) is 1.65. The number of benzene rings is 1. The van der Waals surface area contributed by atoms with Crippen LogP contribution >= 0.6 is 11.8 Å². The smallest absolute Gasteiger partial charge is 0.116 e. The zero-order chi connectivity index (χ0) is 15.1. The summed E-state index contributed by atoms with van der Waals surface area (Å²) < 4.78 is 0. The van der Waals surface area contributed by atoms with Crippen molar-refractivity contribution in [3.63, 3.8) is 0 Å². The number of nitrogens with zero attached hydrogens (tertiary/aromatic N) is 2. The Morgan fingerprint density at radius 2 is 1.90 bits per heavy atom. The van der Waals surface area contributed by atoms with Crippen molar-refractivity contribution in [2.75, 3.05) is 12.8 Å². The van der Waals surface area contributed by atoms with Gasteiger partial charge in [0.15, 0.2) is 0 Å². The molecule has 0 aliphatic heterocycles. The highest BCUT2D eigenvalue weighted by Gasteiger charge is 2.10. The highest BCUT2D eigenvalue weighted by atomic mass is 32.2. The molecule has 1 N–H and O–H groups in total. The zero-order valence-corrected chi connectivity index (χ0v) is 13.7. The molecule has 0 aliphatic rings. The van der Waals surface area contributed by atoms with Crippen LogP contribution in [-0.4, -0.2) is 22.8 Å². The lowest BCUT2D eigenvalue weighted by molar-refractivity contribution is 0.643. The maximum Gasteiger partial charge on any atom is 0.116 e. The van der Waals surface area contributed by atoms with E-state index < -0.39 is 0 Å². The standard InChI is InChI=1S/C17H23N3S/c1-13(2)10-14-4-6-15(7-5-14)16(18-3)11-21-17-8-9-19-12-20-17/h4-9,12-13,16,18H,10-11H2,1-3H3. The van der Waals surface area contributed by atoms with Gasteiger partial charge in [0.25, 0.3) is 0 Å². The average Bonchev–Trinajstić information content (AvgIpc) is 2.50. The molecule has 0 saturated heterocycles. The molecule has 1 heterocycles. The van der Waals surface area contributed by atoms with Gasteiger partial charge in [0.05, 0.1) is 5.03 Å². The minimum Gasteiger partial charge on any atom is -0.312 e. The van der Waals surface area contributed by atoms with E-state index in [0.717, 1.165) is 17.2 Å². The van der Waals surface area contributed by atoms with Crippen molar-refractivity contribution >= 4 is 11.8 Å². The summed E-state index contributed by atoms with van der Waals surface area (Å²) >= 11 is 1.75. The van der Waals surface area contributed by atoms with Gasteiger partial charge in [-0.3, -0.25) is 0 Å². The van der Waals surface area contributed by atoms with Crippen molar-refractivity contribution in [3.05, 3.63) is 54.0 Å². The molecule has 0 fully saturated rings. The Hall–Kier alpha value is -1.39. The summed E-state index contributed by atoms with van der Waals surface area (Å²) in [6.45, 7) is 4.51. The number of aromatic nitrogens is 2. The minimum atomic E-state index is 0.332. The second kappa shape index (κ2) is 8.15. The van der Waals surface area contributed by atoms with E-state index in [1.807, 2.05) is 13.1 Å². The number of thioether (sulfide) groups is 1. The van der Waals surface area contributed by atoms with Crippen LogP contribution in [0.25, 0.3) is 0 Å². The molecule has 21 heavy (non-hydrogen) atoms. The monoisotopic (exact) mass is 301 g/mol. The van der Waals surface area contributed by atoms with Crippen LogP contribution in [0.15, 0.2) is 47.9 Å². The van der Waals surface area contributed by atoms with Crippen LogP contribution in [0.2, 0.25) is 0 Å². The fourth-order valence-electron chi connectivity index (χ4n) is 2.24. The van der Waals surface area contributed by atoms with Crippen molar-refractivity contribution in [3.8, 4) is 0 Å². The van der Waals surface area contributed by atoms with Gasteiger partial charge in [0.1, 0.15) is 6.33 Å². The number of hydrogen-bond acceptors (Lipinski definition) is 4. The van der Waals surface area contributed by atoms with Gasteiger partial charge in [0.2, 0.25) is 0 Å². The van der Waals surface area contributed by atoms with E-state index in [0.29, 0.717) is 12.0 Å². The van der Waals surface area contributed by atoms with Gasteiger partial charge < -0.3 is 5.32 Å². The quantitative estimate of drug-likeness (QED) is 0.624. The van der Waals surface area contributed by atoms with E-state index in [1.54, 1.807) is 24.3 Å². The molecule has 2 aromatic rings. The molecular weight excluding hydrogens is 278 g/mol. The number of nitrogens with one attached hydrogen (secondary N) is 1. The number of rotatable bonds is 7. The first kappa shape index (κ1) is 16.0. The third-order valence-electron chi connectivity index (χ3n) is 3.33. The Morgan fingerprint density at radius 3 is 2.48 bits per heavy atom. The molecule has 2 rings (SSSR count). The molecule has 1 aromatic heterocycles. The summed E-state index contributed by atoms with van der Waals surface area (Å²) in [4.78, 5) is 8.19. The second-order valence-electron chi connectivity index (χ2n) is 5.54. The highest BCUT2D eigenvalue weighted by Crippen LogP contribution is 2.23. The van der Waals surface area contributed by atoms with Gasteiger partial charge in [-0.2, -0.15) is 0 Å². The van der Waals surface area contributed by atoms with Gasteiger partial charge in [-0.15, -0.1) is 11.8 Å². The Morgan fingerprint density at radius 1 is 1.14 bits per heavy atom. The maximum atomic E-state index is 4.25. The molecule has 4 heteroatoms. The van der Waals surface area contributed by atoms with Crippen molar-refractivity contribution in [2.45, 2.75) is 31.3 Å². The van der Waals surface area contributed by atoms with Crippen LogP contribution in [0.1, 0.15) is 31.0 Å². The molecule has 0 radical (unpaired) electrons.